The molecule has 2 nitrogen and oxygen atoms in total. The number of halogens is 1. The molecule has 19 heavy (non-hydrogen) atoms. The van der Waals surface area contributed by atoms with Gasteiger partial charge in [-0.25, -0.2) is 0 Å². The summed E-state index contributed by atoms with van der Waals surface area (Å²) in [5.41, 5.74) is 2.67. The summed E-state index contributed by atoms with van der Waals surface area (Å²) in [5, 5.41) is 4.52. The molecule has 0 radical (unpaired) electrons. The van der Waals surface area contributed by atoms with Crippen molar-refractivity contribution in [3.05, 3.63) is 23.2 Å². The Morgan fingerprint density at radius 1 is 1.26 bits per heavy atom. The lowest BCUT2D eigenvalue weighted by Crippen LogP contribution is -2.24. The van der Waals surface area contributed by atoms with E-state index in [2.05, 4.69) is 37.1 Å². The Balaban J connectivity index is 2.23. The van der Waals surface area contributed by atoms with Gasteiger partial charge in [0.25, 0.3) is 0 Å². The lowest BCUT2D eigenvalue weighted by molar-refractivity contribution is 0.366. The summed E-state index contributed by atoms with van der Waals surface area (Å²) in [5.74, 6) is 0.698. The Kier molecular flexibility index (Phi) is 4.00. The molecule has 1 fully saturated rings. The Labute approximate surface area is 122 Å². The zero-order valence-electron chi connectivity index (χ0n) is 12.6. The molecule has 2 unspecified atom stereocenters. The summed E-state index contributed by atoms with van der Waals surface area (Å²) in [6, 6.07) is 6.62. The highest BCUT2D eigenvalue weighted by Crippen LogP contribution is 2.43. The summed E-state index contributed by atoms with van der Waals surface area (Å²) < 4.78 is 0. The first-order valence-corrected chi connectivity index (χ1v) is 7.40. The molecule has 0 aliphatic heterocycles. The second-order valence-corrected chi connectivity index (χ2v) is 7.24. The van der Waals surface area contributed by atoms with Crippen LogP contribution in [0, 0.1) is 11.3 Å². The molecule has 1 saturated carbocycles. The Morgan fingerprint density at radius 2 is 1.95 bits per heavy atom. The van der Waals surface area contributed by atoms with Gasteiger partial charge in [0.1, 0.15) is 0 Å². The number of nitrogens with one attached hydrogen (secondary N) is 1. The quantitative estimate of drug-likeness (QED) is 0.867. The van der Waals surface area contributed by atoms with Crippen LogP contribution >= 0.6 is 11.6 Å². The molecule has 1 aliphatic rings. The van der Waals surface area contributed by atoms with Crippen molar-refractivity contribution in [1.82, 2.24) is 0 Å². The Hall–Kier alpha value is -0.890. The number of nitrogens with zero attached hydrogens (tertiary/aromatic N) is 1. The van der Waals surface area contributed by atoms with Gasteiger partial charge in [-0.1, -0.05) is 38.4 Å². The van der Waals surface area contributed by atoms with Crippen molar-refractivity contribution in [3.63, 3.8) is 0 Å². The van der Waals surface area contributed by atoms with Crippen molar-refractivity contribution >= 4 is 23.0 Å². The third-order valence-corrected chi connectivity index (χ3v) is 4.41. The molecule has 1 aromatic rings. The van der Waals surface area contributed by atoms with E-state index in [0.29, 0.717) is 17.4 Å². The molecule has 0 saturated heterocycles. The predicted molar refractivity (Wildman–Crippen MR) is 85.4 cm³/mol. The molecule has 3 heteroatoms. The molecule has 1 N–H and O–H groups in total. The van der Waals surface area contributed by atoms with Gasteiger partial charge in [-0.2, -0.15) is 0 Å². The maximum absolute atomic E-state index is 6.32. The Bertz CT molecular complexity index is 454. The van der Waals surface area contributed by atoms with E-state index in [1.807, 2.05) is 26.2 Å². The summed E-state index contributed by atoms with van der Waals surface area (Å²) in [4.78, 5) is 2.08. The van der Waals surface area contributed by atoms with Crippen molar-refractivity contribution in [2.45, 2.75) is 39.7 Å². The fourth-order valence-corrected chi connectivity index (χ4v) is 3.72. The monoisotopic (exact) mass is 280 g/mol. The van der Waals surface area contributed by atoms with Crippen LogP contribution in [0.3, 0.4) is 0 Å². The third-order valence-electron chi connectivity index (χ3n) is 4.11. The maximum Gasteiger partial charge on any atom is 0.0786 e. The van der Waals surface area contributed by atoms with Gasteiger partial charge in [0, 0.05) is 20.1 Å². The molecule has 2 rings (SSSR count). The molecule has 2 atom stereocenters. The number of hydrogen-bond acceptors (Lipinski definition) is 2. The molecular formula is C16H25ClN2. The van der Waals surface area contributed by atoms with E-state index >= 15 is 0 Å². The average Bonchev–Trinajstić information content (AvgIpc) is 2.51. The van der Waals surface area contributed by atoms with Crippen molar-refractivity contribution in [1.29, 1.82) is 0 Å². The normalized spacial score (nSPS) is 25.4. The molecule has 106 valence electrons. The summed E-state index contributed by atoms with van der Waals surface area (Å²) >= 11 is 6.32. The number of benzene rings is 1. The van der Waals surface area contributed by atoms with E-state index < -0.39 is 0 Å². The molecule has 0 spiro atoms. The topological polar surface area (TPSA) is 15.3 Å². The van der Waals surface area contributed by atoms with Crippen molar-refractivity contribution < 1.29 is 0 Å². The van der Waals surface area contributed by atoms with Crippen molar-refractivity contribution in [3.8, 4) is 0 Å². The van der Waals surface area contributed by atoms with Crippen LogP contribution in [0.15, 0.2) is 18.2 Å². The smallest absolute Gasteiger partial charge is 0.0786 e. The highest BCUT2D eigenvalue weighted by molar-refractivity contribution is 6.34. The van der Waals surface area contributed by atoms with Crippen molar-refractivity contribution in [2.75, 3.05) is 24.3 Å². The van der Waals surface area contributed by atoms with Crippen LogP contribution in [-0.2, 0) is 0 Å². The summed E-state index contributed by atoms with van der Waals surface area (Å²) in [7, 11) is 4.07. The predicted octanol–water partition coefficient (Wildman–Crippen LogP) is 4.64. The summed E-state index contributed by atoms with van der Waals surface area (Å²) in [6.07, 6.45) is 2.50. The molecule has 0 aromatic heterocycles. The van der Waals surface area contributed by atoms with Crippen LogP contribution in [0.5, 0.6) is 0 Å². The minimum atomic E-state index is 0.438. The minimum Gasteiger partial charge on any atom is -0.380 e. The van der Waals surface area contributed by atoms with Crippen LogP contribution in [0.25, 0.3) is 0 Å². The largest absolute Gasteiger partial charge is 0.380 e. The zero-order chi connectivity index (χ0) is 14.2. The highest BCUT2D eigenvalue weighted by atomic mass is 35.5. The van der Waals surface area contributed by atoms with Crippen LogP contribution in [0.2, 0.25) is 5.02 Å². The first-order chi connectivity index (χ1) is 8.80. The van der Waals surface area contributed by atoms with E-state index in [-0.39, 0.29) is 0 Å². The molecule has 0 bridgehead atoms. The van der Waals surface area contributed by atoms with Crippen molar-refractivity contribution in [2.24, 2.45) is 11.3 Å². The van der Waals surface area contributed by atoms with E-state index in [4.69, 9.17) is 11.6 Å². The fraction of sp³-hybridized carbons (Fsp3) is 0.625. The van der Waals surface area contributed by atoms with Crippen LogP contribution < -0.4 is 10.2 Å². The molecule has 1 aliphatic carbocycles. The fourth-order valence-electron chi connectivity index (χ4n) is 3.37. The standard InChI is InChI=1S/C16H25ClN2/c1-11-9-16(2,3)10-14(11)18-13-8-6-7-12(17)15(13)19(4)5/h6-8,11,14,18H,9-10H2,1-5H3. The van der Waals surface area contributed by atoms with Gasteiger partial charge < -0.3 is 10.2 Å². The number of rotatable bonds is 3. The van der Waals surface area contributed by atoms with E-state index in [1.54, 1.807) is 0 Å². The van der Waals surface area contributed by atoms with Gasteiger partial charge in [0.15, 0.2) is 0 Å². The second kappa shape index (κ2) is 5.24. The van der Waals surface area contributed by atoms with Gasteiger partial charge in [-0.3, -0.25) is 0 Å². The van der Waals surface area contributed by atoms with Crippen LogP contribution in [0.4, 0.5) is 11.4 Å². The molecular weight excluding hydrogens is 256 g/mol. The third kappa shape index (κ3) is 3.17. The van der Waals surface area contributed by atoms with Gasteiger partial charge in [-0.05, 0) is 36.3 Å². The first-order valence-electron chi connectivity index (χ1n) is 7.02. The van der Waals surface area contributed by atoms with E-state index in [9.17, 15) is 0 Å². The van der Waals surface area contributed by atoms with Gasteiger partial charge >= 0.3 is 0 Å². The second-order valence-electron chi connectivity index (χ2n) is 6.83. The lowest BCUT2D eigenvalue weighted by Gasteiger charge is -2.25. The first kappa shape index (κ1) is 14.5. The number of hydrogen-bond donors (Lipinski definition) is 1. The van der Waals surface area contributed by atoms with Crippen LogP contribution in [0.1, 0.15) is 33.6 Å². The van der Waals surface area contributed by atoms with Crippen LogP contribution in [-0.4, -0.2) is 20.1 Å². The van der Waals surface area contributed by atoms with Gasteiger partial charge in [0.05, 0.1) is 16.4 Å². The SMILES string of the molecule is CC1CC(C)(C)CC1Nc1cccc(Cl)c1N(C)C. The molecule has 0 amide bonds. The van der Waals surface area contributed by atoms with Gasteiger partial charge in [-0.15, -0.1) is 0 Å². The highest BCUT2D eigenvalue weighted by Gasteiger charge is 2.36. The Morgan fingerprint density at radius 3 is 2.47 bits per heavy atom. The molecule has 0 heterocycles. The lowest BCUT2D eigenvalue weighted by atomic mass is 9.91. The van der Waals surface area contributed by atoms with E-state index in [1.165, 1.54) is 12.8 Å². The number of anilines is 2. The number of para-hydroxylation sites is 1. The maximum atomic E-state index is 6.32. The van der Waals surface area contributed by atoms with Gasteiger partial charge in [0.2, 0.25) is 0 Å². The summed E-state index contributed by atoms with van der Waals surface area (Å²) in [6.45, 7) is 7.05. The molecule has 1 aromatic carbocycles. The van der Waals surface area contributed by atoms with E-state index in [0.717, 1.165) is 16.4 Å². The minimum absolute atomic E-state index is 0.438. The zero-order valence-corrected chi connectivity index (χ0v) is 13.4. The average molecular weight is 281 g/mol.